The molecule has 35 heavy (non-hydrogen) atoms. The van der Waals surface area contributed by atoms with Crippen LogP contribution in [-0.2, 0) is 17.9 Å². The first-order valence-corrected chi connectivity index (χ1v) is 11.6. The van der Waals surface area contributed by atoms with E-state index >= 15 is 0 Å². The Bertz CT molecular complexity index is 1370. The molecule has 0 fully saturated rings. The summed E-state index contributed by atoms with van der Waals surface area (Å²) in [7, 11) is 3.18. The summed E-state index contributed by atoms with van der Waals surface area (Å²) in [5, 5.41) is 3.54. The smallest absolute Gasteiger partial charge is 0.262 e. The Morgan fingerprint density at radius 2 is 1.80 bits per heavy atom. The van der Waals surface area contributed by atoms with Gasteiger partial charge in [0.15, 0.2) is 6.61 Å². The van der Waals surface area contributed by atoms with E-state index in [1.54, 1.807) is 38.5 Å². The number of nitrogens with zero attached hydrogens (tertiary/aromatic N) is 3. The minimum atomic E-state index is -0.280. The van der Waals surface area contributed by atoms with Gasteiger partial charge in [-0.2, -0.15) is 0 Å². The molecule has 8 nitrogen and oxygen atoms in total. The van der Waals surface area contributed by atoms with Gasteiger partial charge in [-0.3, -0.25) is 4.79 Å². The molecule has 0 aliphatic carbocycles. The highest BCUT2D eigenvalue weighted by molar-refractivity contribution is 6.31. The van der Waals surface area contributed by atoms with E-state index in [-0.39, 0.29) is 12.5 Å². The molecule has 2 heterocycles. The van der Waals surface area contributed by atoms with Gasteiger partial charge in [-0.1, -0.05) is 11.6 Å². The zero-order valence-electron chi connectivity index (χ0n) is 19.5. The summed E-state index contributed by atoms with van der Waals surface area (Å²) in [5.74, 6) is 2.59. The van der Waals surface area contributed by atoms with Crippen LogP contribution >= 0.6 is 11.6 Å². The molecule has 5 rings (SSSR count). The molecule has 1 aliphatic rings. The molecule has 4 aromatic rings. The largest absolute Gasteiger partial charge is 0.497 e. The van der Waals surface area contributed by atoms with Gasteiger partial charge in [-0.15, -0.1) is 0 Å². The van der Waals surface area contributed by atoms with Crippen molar-refractivity contribution in [1.29, 1.82) is 0 Å². The third-order valence-electron chi connectivity index (χ3n) is 5.97. The Morgan fingerprint density at radius 1 is 1.00 bits per heavy atom. The number of aromatic nitrogens is 2. The van der Waals surface area contributed by atoms with Gasteiger partial charge >= 0.3 is 0 Å². The lowest BCUT2D eigenvalue weighted by Gasteiger charge is -2.30. The molecule has 0 radical (unpaired) electrons. The highest BCUT2D eigenvalue weighted by Gasteiger charge is 2.21. The topological polar surface area (TPSA) is 77.9 Å². The van der Waals surface area contributed by atoms with E-state index in [2.05, 4.69) is 14.8 Å². The number of hydrogen-bond acceptors (Lipinski definition) is 6. The first-order chi connectivity index (χ1) is 17.0. The maximum atomic E-state index is 12.5. The Balaban J connectivity index is 1.26. The number of rotatable bonds is 7. The van der Waals surface area contributed by atoms with Crippen LogP contribution in [0.1, 0.15) is 5.82 Å². The van der Waals surface area contributed by atoms with Gasteiger partial charge in [0.1, 0.15) is 23.1 Å². The quantitative estimate of drug-likeness (QED) is 0.401. The molecule has 0 saturated heterocycles. The van der Waals surface area contributed by atoms with Crippen LogP contribution in [0.15, 0.2) is 60.7 Å². The Hall–Kier alpha value is -3.91. The van der Waals surface area contributed by atoms with Gasteiger partial charge in [-0.25, -0.2) is 4.98 Å². The molecule has 1 amide bonds. The maximum absolute atomic E-state index is 12.5. The minimum absolute atomic E-state index is 0.121. The van der Waals surface area contributed by atoms with Crippen molar-refractivity contribution in [3.63, 3.8) is 0 Å². The lowest BCUT2D eigenvalue weighted by molar-refractivity contribution is -0.118. The molecule has 0 atom stereocenters. The van der Waals surface area contributed by atoms with Gasteiger partial charge in [0.2, 0.25) is 0 Å². The number of hydrogen-bond donors (Lipinski definition) is 1. The number of anilines is 2. The second-order valence-corrected chi connectivity index (χ2v) is 8.57. The molecular weight excluding hydrogens is 468 g/mol. The third kappa shape index (κ3) is 4.83. The number of fused-ring (bicyclic) bond motifs is 3. The number of imidazole rings is 1. The first-order valence-electron chi connectivity index (χ1n) is 11.2. The van der Waals surface area contributed by atoms with Crippen molar-refractivity contribution in [1.82, 2.24) is 9.55 Å². The van der Waals surface area contributed by atoms with E-state index in [0.717, 1.165) is 41.4 Å². The van der Waals surface area contributed by atoms with Crippen molar-refractivity contribution in [2.24, 2.45) is 0 Å². The summed E-state index contributed by atoms with van der Waals surface area (Å²) in [4.78, 5) is 19.5. The van der Waals surface area contributed by atoms with Crippen molar-refractivity contribution in [2.45, 2.75) is 13.1 Å². The highest BCUT2D eigenvalue weighted by atomic mass is 35.5. The molecule has 1 aromatic heterocycles. The average molecular weight is 493 g/mol. The number of nitrogens with one attached hydrogen (secondary N) is 1. The number of benzene rings is 3. The maximum Gasteiger partial charge on any atom is 0.262 e. The second-order valence-electron chi connectivity index (χ2n) is 8.13. The Morgan fingerprint density at radius 3 is 2.57 bits per heavy atom. The minimum Gasteiger partial charge on any atom is -0.497 e. The van der Waals surface area contributed by atoms with Crippen LogP contribution < -0.4 is 24.4 Å². The van der Waals surface area contributed by atoms with Crippen LogP contribution in [0.4, 0.5) is 11.4 Å². The molecule has 1 N–H and O–H groups in total. The molecule has 180 valence electrons. The second kappa shape index (κ2) is 9.76. The fourth-order valence-corrected chi connectivity index (χ4v) is 4.37. The van der Waals surface area contributed by atoms with Crippen molar-refractivity contribution < 1.29 is 19.0 Å². The summed E-state index contributed by atoms with van der Waals surface area (Å²) in [5.41, 5.74) is 3.57. The lowest BCUT2D eigenvalue weighted by atomic mass is 10.2. The first kappa shape index (κ1) is 22.9. The summed E-state index contributed by atoms with van der Waals surface area (Å²) in [6, 6.07) is 18.6. The normalized spacial score (nSPS) is 12.8. The number of methoxy groups -OCH3 is 2. The predicted octanol–water partition coefficient (Wildman–Crippen LogP) is 4.74. The fraction of sp³-hybridized carbons (Fsp3) is 0.231. The van der Waals surface area contributed by atoms with Gasteiger partial charge in [0, 0.05) is 29.9 Å². The zero-order valence-corrected chi connectivity index (χ0v) is 20.2. The molecule has 0 saturated carbocycles. The third-order valence-corrected chi connectivity index (χ3v) is 6.20. The van der Waals surface area contributed by atoms with Gasteiger partial charge < -0.3 is 29.0 Å². The van der Waals surface area contributed by atoms with Gasteiger partial charge in [0.25, 0.3) is 5.91 Å². The van der Waals surface area contributed by atoms with Crippen LogP contribution in [0, 0.1) is 0 Å². The number of ether oxygens (including phenoxy) is 3. The van der Waals surface area contributed by atoms with E-state index in [1.807, 2.05) is 36.4 Å². The standard InChI is InChI=1S/C26H25ClN4O4/c1-33-19-5-7-20(8-6-19)35-16-26(32)29-21-9-4-18(14-24(21)34-2)30-11-12-31-23-10-3-17(27)13-22(23)28-25(31)15-30/h3-10,13-14H,11-12,15-16H2,1-2H3,(H,29,32). The number of carbonyl (C=O) groups is 1. The molecule has 0 bridgehead atoms. The zero-order chi connectivity index (χ0) is 24.4. The SMILES string of the molecule is COc1ccc(OCC(=O)Nc2ccc(N3CCn4c(nc5cc(Cl)ccc54)C3)cc2OC)cc1. The average Bonchev–Trinajstić information content (AvgIpc) is 3.24. The summed E-state index contributed by atoms with van der Waals surface area (Å²) in [6.45, 7) is 2.18. The van der Waals surface area contributed by atoms with Crippen molar-refractivity contribution >= 4 is 39.9 Å². The summed E-state index contributed by atoms with van der Waals surface area (Å²) >= 11 is 6.14. The number of amides is 1. The Labute approximate surface area is 208 Å². The van der Waals surface area contributed by atoms with E-state index in [4.69, 9.17) is 30.8 Å². The Kier molecular flexibility index (Phi) is 6.37. The van der Waals surface area contributed by atoms with Gasteiger partial charge in [0.05, 0.1) is 37.5 Å². The summed E-state index contributed by atoms with van der Waals surface area (Å²) < 4.78 is 18.5. The molecular formula is C26H25ClN4O4. The number of carbonyl (C=O) groups excluding carboxylic acids is 1. The van der Waals surface area contributed by atoms with Crippen LogP contribution in [0.25, 0.3) is 11.0 Å². The molecule has 1 aliphatic heterocycles. The van der Waals surface area contributed by atoms with Crippen LogP contribution in [-0.4, -0.2) is 42.8 Å². The fourth-order valence-electron chi connectivity index (χ4n) is 4.20. The van der Waals surface area contributed by atoms with Crippen LogP contribution in [0.5, 0.6) is 17.2 Å². The van der Waals surface area contributed by atoms with Crippen molar-refractivity contribution in [3.8, 4) is 17.2 Å². The lowest BCUT2D eigenvalue weighted by Crippen LogP contribution is -2.33. The highest BCUT2D eigenvalue weighted by Crippen LogP contribution is 2.32. The summed E-state index contributed by atoms with van der Waals surface area (Å²) in [6.07, 6.45) is 0. The number of halogens is 1. The van der Waals surface area contributed by atoms with E-state index in [0.29, 0.717) is 28.8 Å². The van der Waals surface area contributed by atoms with E-state index in [1.165, 1.54) is 0 Å². The van der Waals surface area contributed by atoms with Gasteiger partial charge in [-0.05, 0) is 54.6 Å². The van der Waals surface area contributed by atoms with Crippen molar-refractivity contribution in [2.75, 3.05) is 37.6 Å². The molecule has 9 heteroatoms. The van der Waals surface area contributed by atoms with Crippen molar-refractivity contribution in [3.05, 3.63) is 71.5 Å². The van der Waals surface area contributed by atoms with Crippen LogP contribution in [0.2, 0.25) is 5.02 Å². The molecule has 3 aromatic carbocycles. The molecule has 0 spiro atoms. The van der Waals surface area contributed by atoms with Crippen LogP contribution in [0.3, 0.4) is 0 Å². The van der Waals surface area contributed by atoms with E-state index < -0.39 is 0 Å². The van der Waals surface area contributed by atoms with E-state index in [9.17, 15) is 4.79 Å². The monoisotopic (exact) mass is 492 g/mol. The predicted molar refractivity (Wildman–Crippen MR) is 136 cm³/mol. The molecule has 0 unspecified atom stereocenters.